The Labute approximate surface area is 132 Å². The maximum absolute atomic E-state index is 6.09. The van der Waals surface area contributed by atoms with Gasteiger partial charge in [-0.1, -0.05) is 37.3 Å². The third kappa shape index (κ3) is 3.01. The van der Waals surface area contributed by atoms with E-state index in [9.17, 15) is 0 Å². The molecule has 3 rings (SSSR count). The van der Waals surface area contributed by atoms with Gasteiger partial charge in [-0.25, -0.2) is 0 Å². The van der Waals surface area contributed by atoms with Gasteiger partial charge in [0.05, 0.1) is 0 Å². The smallest absolute Gasteiger partial charge is 0.127 e. The summed E-state index contributed by atoms with van der Waals surface area (Å²) >= 11 is 0. The molecule has 0 spiro atoms. The number of hydrogen-bond donors (Lipinski definition) is 1. The van der Waals surface area contributed by atoms with Crippen molar-refractivity contribution in [3.8, 4) is 5.75 Å². The van der Waals surface area contributed by atoms with E-state index in [1.165, 1.54) is 11.1 Å². The van der Waals surface area contributed by atoms with E-state index in [1.54, 1.807) is 0 Å². The molecule has 2 aromatic rings. The number of benzene rings is 2. The van der Waals surface area contributed by atoms with E-state index in [1.807, 2.05) is 0 Å². The molecule has 1 aliphatic rings. The molecular formula is C20H23NO. The summed E-state index contributed by atoms with van der Waals surface area (Å²) in [5.41, 5.74) is 4.72. The van der Waals surface area contributed by atoms with Crippen LogP contribution >= 0.6 is 0 Å². The minimum atomic E-state index is -0.177. The van der Waals surface area contributed by atoms with Gasteiger partial charge in [-0.3, -0.25) is 0 Å². The average Bonchev–Trinajstić information content (AvgIpc) is 2.54. The summed E-state index contributed by atoms with van der Waals surface area (Å²) in [6, 6.07) is 14.8. The monoisotopic (exact) mass is 293 g/mol. The first-order chi connectivity index (χ1) is 10.6. The van der Waals surface area contributed by atoms with Crippen LogP contribution in [0.2, 0.25) is 0 Å². The predicted molar refractivity (Wildman–Crippen MR) is 93.3 cm³/mol. The normalized spacial score (nSPS) is 19.4. The molecule has 1 atom stereocenters. The van der Waals surface area contributed by atoms with Crippen LogP contribution in [0.4, 0.5) is 5.69 Å². The van der Waals surface area contributed by atoms with E-state index in [4.69, 9.17) is 4.74 Å². The number of fused-ring (bicyclic) bond motifs is 1. The molecule has 2 nitrogen and oxygen atoms in total. The van der Waals surface area contributed by atoms with E-state index in [0.717, 1.165) is 30.0 Å². The summed E-state index contributed by atoms with van der Waals surface area (Å²) in [5, 5.41) is 3.50. The Morgan fingerprint density at radius 1 is 1.14 bits per heavy atom. The van der Waals surface area contributed by atoms with Crippen molar-refractivity contribution < 1.29 is 4.74 Å². The largest absolute Gasteiger partial charge is 0.483 e. The summed E-state index contributed by atoms with van der Waals surface area (Å²) in [6.07, 6.45) is 5.29. The van der Waals surface area contributed by atoms with Gasteiger partial charge in [0.1, 0.15) is 11.4 Å². The first-order valence-corrected chi connectivity index (χ1v) is 7.90. The zero-order chi connectivity index (χ0) is 15.6. The summed E-state index contributed by atoms with van der Waals surface area (Å²) < 4.78 is 6.09. The highest BCUT2D eigenvalue weighted by atomic mass is 16.5. The van der Waals surface area contributed by atoms with E-state index in [2.05, 4.69) is 80.7 Å². The molecule has 0 amide bonds. The molecular weight excluding hydrogens is 270 g/mol. The Hall–Kier alpha value is -2.22. The second-order valence-electron chi connectivity index (χ2n) is 6.13. The molecule has 1 heterocycles. The standard InChI is InChI=1S/C20H23NO/c1-4-20(3)12-11-16-13-18(9-10-19(16)22-20)21-14-17-8-6-5-7-15(17)2/h5-13,21H,4,14H2,1-3H3. The van der Waals surface area contributed by atoms with Crippen molar-refractivity contribution in [2.75, 3.05) is 5.32 Å². The van der Waals surface area contributed by atoms with Crippen LogP contribution in [0.15, 0.2) is 48.5 Å². The molecule has 1 N–H and O–H groups in total. The topological polar surface area (TPSA) is 21.3 Å². The van der Waals surface area contributed by atoms with E-state index >= 15 is 0 Å². The van der Waals surface area contributed by atoms with Crippen LogP contribution in [0.3, 0.4) is 0 Å². The summed E-state index contributed by atoms with van der Waals surface area (Å²) in [4.78, 5) is 0. The molecule has 2 aromatic carbocycles. The van der Waals surface area contributed by atoms with Crippen molar-refractivity contribution in [2.24, 2.45) is 0 Å². The second-order valence-corrected chi connectivity index (χ2v) is 6.13. The Morgan fingerprint density at radius 3 is 2.73 bits per heavy atom. The van der Waals surface area contributed by atoms with Gasteiger partial charge in [0, 0.05) is 17.8 Å². The minimum Gasteiger partial charge on any atom is -0.483 e. The van der Waals surface area contributed by atoms with Gasteiger partial charge in [-0.15, -0.1) is 0 Å². The summed E-state index contributed by atoms with van der Waals surface area (Å²) in [5.74, 6) is 0.966. The maximum atomic E-state index is 6.09. The highest BCUT2D eigenvalue weighted by Crippen LogP contribution is 2.34. The van der Waals surface area contributed by atoms with Crippen LogP contribution in [-0.2, 0) is 6.54 Å². The molecule has 0 aliphatic carbocycles. The van der Waals surface area contributed by atoms with Crippen LogP contribution in [0.1, 0.15) is 37.0 Å². The predicted octanol–water partition coefficient (Wildman–Crippen LogP) is 5.18. The van der Waals surface area contributed by atoms with Crippen LogP contribution in [-0.4, -0.2) is 5.60 Å². The number of aryl methyl sites for hydroxylation is 1. The van der Waals surface area contributed by atoms with Crippen LogP contribution in [0, 0.1) is 6.92 Å². The molecule has 0 aromatic heterocycles. The van der Waals surface area contributed by atoms with E-state index in [0.29, 0.717) is 0 Å². The fourth-order valence-electron chi connectivity index (χ4n) is 2.63. The van der Waals surface area contributed by atoms with E-state index < -0.39 is 0 Å². The minimum absolute atomic E-state index is 0.177. The Bertz CT molecular complexity index is 705. The molecule has 0 saturated heterocycles. The second kappa shape index (κ2) is 5.88. The van der Waals surface area contributed by atoms with Gasteiger partial charge < -0.3 is 10.1 Å². The van der Waals surface area contributed by atoms with Crippen LogP contribution in [0.5, 0.6) is 5.75 Å². The number of rotatable bonds is 4. The molecule has 0 radical (unpaired) electrons. The Kier molecular flexibility index (Phi) is 3.93. The third-order valence-electron chi connectivity index (χ3n) is 4.41. The van der Waals surface area contributed by atoms with Crippen LogP contribution < -0.4 is 10.1 Å². The highest BCUT2D eigenvalue weighted by Gasteiger charge is 2.25. The molecule has 114 valence electrons. The maximum Gasteiger partial charge on any atom is 0.127 e. The van der Waals surface area contributed by atoms with Gasteiger partial charge in [0.25, 0.3) is 0 Å². The van der Waals surface area contributed by atoms with Gasteiger partial charge in [0.2, 0.25) is 0 Å². The molecule has 0 fully saturated rings. The SMILES string of the molecule is CCC1(C)C=Cc2cc(NCc3ccccc3C)ccc2O1. The fraction of sp³-hybridized carbons (Fsp3) is 0.300. The lowest BCUT2D eigenvalue weighted by Crippen LogP contribution is -2.30. The van der Waals surface area contributed by atoms with E-state index in [-0.39, 0.29) is 5.60 Å². The molecule has 0 bridgehead atoms. The molecule has 2 heteroatoms. The van der Waals surface area contributed by atoms with Gasteiger partial charge in [-0.2, -0.15) is 0 Å². The number of ether oxygens (including phenoxy) is 1. The highest BCUT2D eigenvalue weighted by molar-refractivity contribution is 5.66. The van der Waals surface area contributed by atoms with Crippen molar-refractivity contribution in [1.29, 1.82) is 0 Å². The van der Waals surface area contributed by atoms with Gasteiger partial charge in [-0.05, 0) is 55.7 Å². The van der Waals surface area contributed by atoms with Crippen molar-refractivity contribution in [2.45, 2.75) is 39.3 Å². The van der Waals surface area contributed by atoms with Gasteiger partial charge in [0.15, 0.2) is 0 Å². The zero-order valence-corrected chi connectivity index (χ0v) is 13.5. The third-order valence-corrected chi connectivity index (χ3v) is 4.41. The fourth-order valence-corrected chi connectivity index (χ4v) is 2.63. The molecule has 22 heavy (non-hydrogen) atoms. The average molecular weight is 293 g/mol. The van der Waals surface area contributed by atoms with Crippen molar-refractivity contribution in [3.05, 3.63) is 65.2 Å². The summed E-state index contributed by atoms with van der Waals surface area (Å²) in [7, 11) is 0. The quantitative estimate of drug-likeness (QED) is 0.838. The lowest BCUT2D eigenvalue weighted by molar-refractivity contribution is 0.133. The Balaban J connectivity index is 1.74. The van der Waals surface area contributed by atoms with Gasteiger partial charge >= 0.3 is 0 Å². The number of hydrogen-bond acceptors (Lipinski definition) is 2. The van der Waals surface area contributed by atoms with Crippen molar-refractivity contribution >= 4 is 11.8 Å². The lowest BCUT2D eigenvalue weighted by Gasteiger charge is -2.30. The number of anilines is 1. The molecule has 1 unspecified atom stereocenters. The first-order valence-electron chi connectivity index (χ1n) is 7.90. The zero-order valence-electron chi connectivity index (χ0n) is 13.5. The Morgan fingerprint density at radius 2 is 1.95 bits per heavy atom. The molecule has 1 aliphatic heterocycles. The number of nitrogens with one attached hydrogen (secondary N) is 1. The molecule has 0 saturated carbocycles. The summed E-state index contributed by atoms with van der Waals surface area (Å²) in [6.45, 7) is 7.25. The lowest BCUT2D eigenvalue weighted by atomic mass is 9.97. The van der Waals surface area contributed by atoms with Crippen molar-refractivity contribution in [3.63, 3.8) is 0 Å². The van der Waals surface area contributed by atoms with Crippen molar-refractivity contribution in [1.82, 2.24) is 0 Å². The first kappa shape index (κ1) is 14.7. The van der Waals surface area contributed by atoms with Crippen LogP contribution in [0.25, 0.3) is 6.08 Å².